The van der Waals surface area contributed by atoms with E-state index in [9.17, 15) is 0 Å². The second-order valence-electron chi connectivity index (χ2n) is 6.10. The second-order valence-corrected chi connectivity index (χ2v) is 6.92. The fourth-order valence-corrected chi connectivity index (χ4v) is 4.54. The Morgan fingerprint density at radius 3 is 2.65 bits per heavy atom. The van der Waals surface area contributed by atoms with Crippen LogP contribution in [0.2, 0.25) is 10.0 Å². The van der Waals surface area contributed by atoms with E-state index in [2.05, 4.69) is 0 Å². The van der Waals surface area contributed by atoms with E-state index < -0.39 is 0 Å². The zero-order valence-electron chi connectivity index (χ0n) is 11.7. The van der Waals surface area contributed by atoms with Crippen molar-refractivity contribution >= 4 is 23.2 Å². The van der Waals surface area contributed by atoms with Gasteiger partial charge in [0.25, 0.3) is 0 Å². The van der Waals surface area contributed by atoms with E-state index in [0.717, 1.165) is 17.4 Å². The van der Waals surface area contributed by atoms with E-state index in [1.165, 1.54) is 25.7 Å². The Kier molecular flexibility index (Phi) is 4.16. The highest BCUT2D eigenvalue weighted by atomic mass is 35.5. The SMILES string of the molecule is CCOc1cc(Cl)c(C(N)C2CC3CCC2C3)cc1Cl. The van der Waals surface area contributed by atoms with Crippen LogP contribution in [0, 0.1) is 17.8 Å². The predicted molar refractivity (Wildman–Crippen MR) is 83.5 cm³/mol. The van der Waals surface area contributed by atoms with Crippen LogP contribution in [-0.2, 0) is 0 Å². The molecule has 0 aliphatic heterocycles. The van der Waals surface area contributed by atoms with Crippen molar-refractivity contribution in [2.75, 3.05) is 6.61 Å². The van der Waals surface area contributed by atoms with Crippen molar-refractivity contribution in [3.05, 3.63) is 27.7 Å². The van der Waals surface area contributed by atoms with Gasteiger partial charge >= 0.3 is 0 Å². The van der Waals surface area contributed by atoms with E-state index in [1.54, 1.807) is 6.07 Å². The lowest BCUT2D eigenvalue weighted by atomic mass is 9.81. The summed E-state index contributed by atoms with van der Waals surface area (Å²) in [5.74, 6) is 2.85. The molecule has 4 atom stereocenters. The molecule has 0 aromatic heterocycles. The van der Waals surface area contributed by atoms with Crippen molar-refractivity contribution in [3.63, 3.8) is 0 Å². The van der Waals surface area contributed by atoms with Crippen LogP contribution >= 0.6 is 23.2 Å². The molecular formula is C16H21Cl2NO. The van der Waals surface area contributed by atoms with Gasteiger partial charge in [0.15, 0.2) is 0 Å². The van der Waals surface area contributed by atoms with Crippen molar-refractivity contribution < 1.29 is 4.74 Å². The second kappa shape index (κ2) is 5.75. The topological polar surface area (TPSA) is 35.2 Å². The fourth-order valence-electron chi connectivity index (χ4n) is 4.03. The molecule has 1 aromatic carbocycles. The first-order valence-corrected chi connectivity index (χ1v) is 8.23. The van der Waals surface area contributed by atoms with Gasteiger partial charge in [-0.25, -0.2) is 0 Å². The third-order valence-corrected chi connectivity index (χ3v) is 5.59. The molecular weight excluding hydrogens is 293 g/mol. The summed E-state index contributed by atoms with van der Waals surface area (Å²) in [6.45, 7) is 2.51. The van der Waals surface area contributed by atoms with E-state index in [4.69, 9.17) is 33.7 Å². The Hall–Kier alpha value is -0.440. The molecule has 110 valence electrons. The Balaban J connectivity index is 1.84. The number of rotatable bonds is 4. The van der Waals surface area contributed by atoms with E-state index in [1.807, 2.05) is 13.0 Å². The Morgan fingerprint density at radius 2 is 2.05 bits per heavy atom. The Morgan fingerprint density at radius 1 is 1.25 bits per heavy atom. The van der Waals surface area contributed by atoms with Gasteiger partial charge < -0.3 is 10.5 Å². The lowest BCUT2D eigenvalue weighted by molar-refractivity contribution is 0.284. The molecule has 0 spiro atoms. The molecule has 2 saturated carbocycles. The van der Waals surface area contributed by atoms with Gasteiger partial charge in [-0.2, -0.15) is 0 Å². The minimum atomic E-state index is -0.00836. The first-order valence-electron chi connectivity index (χ1n) is 7.47. The molecule has 2 fully saturated rings. The summed E-state index contributed by atoms with van der Waals surface area (Å²) in [6.07, 6.45) is 5.30. The maximum atomic E-state index is 6.50. The zero-order chi connectivity index (χ0) is 14.3. The minimum absolute atomic E-state index is 0.00836. The van der Waals surface area contributed by atoms with E-state index in [0.29, 0.717) is 28.3 Å². The summed E-state index contributed by atoms with van der Waals surface area (Å²) in [5, 5.41) is 1.28. The van der Waals surface area contributed by atoms with Gasteiger partial charge in [-0.05, 0) is 55.6 Å². The van der Waals surface area contributed by atoms with Gasteiger partial charge in [-0.1, -0.05) is 29.6 Å². The summed E-state index contributed by atoms with van der Waals surface area (Å²) in [5.41, 5.74) is 7.47. The third-order valence-electron chi connectivity index (χ3n) is 4.96. The molecule has 4 unspecified atom stereocenters. The van der Waals surface area contributed by atoms with Crippen LogP contribution in [0.1, 0.15) is 44.2 Å². The van der Waals surface area contributed by atoms with Crippen molar-refractivity contribution in [2.24, 2.45) is 23.5 Å². The highest BCUT2D eigenvalue weighted by Crippen LogP contribution is 2.52. The minimum Gasteiger partial charge on any atom is -0.492 e. The molecule has 0 heterocycles. The molecule has 0 radical (unpaired) electrons. The lowest BCUT2D eigenvalue weighted by Gasteiger charge is -2.29. The quantitative estimate of drug-likeness (QED) is 0.864. The first-order chi connectivity index (χ1) is 9.60. The van der Waals surface area contributed by atoms with Gasteiger partial charge in [0.2, 0.25) is 0 Å². The molecule has 2 aliphatic rings. The summed E-state index contributed by atoms with van der Waals surface area (Å²) < 4.78 is 5.47. The largest absolute Gasteiger partial charge is 0.492 e. The highest BCUT2D eigenvalue weighted by Gasteiger charge is 2.42. The molecule has 2 nitrogen and oxygen atoms in total. The fraction of sp³-hybridized carbons (Fsp3) is 0.625. The van der Waals surface area contributed by atoms with Crippen molar-refractivity contribution in [1.82, 2.24) is 0 Å². The van der Waals surface area contributed by atoms with E-state index >= 15 is 0 Å². The molecule has 4 heteroatoms. The number of nitrogens with two attached hydrogens (primary N) is 1. The summed E-state index contributed by atoms with van der Waals surface area (Å²) >= 11 is 12.7. The van der Waals surface area contributed by atoms with Gasteiger partial charge in [0, 0.05) is 17.1 Å². The van der Waals surface area contributed by atoms with Crippen LogP contribution < -0.4 is 10.5 Å². The Labute approximate surface area is 130 Å². The molecule has 0 amide bonds. The third kappa shape index (κ3) is 2.54. The van der Waals surface area contributed by atoms with Gasteiger partial charge in [-0.15, -0.1) is 0 Å². The number of hydrogen-bond acceptors (Lipinski definition) is 2. The molecule has 20 heavy (non-hydrogen) atoms. The predicted octanol–water partition coefficient (Wildman–Crippen LogP) is 4.83. The normalized spacial score (nSPS) is 29.7. The van der Waals surface area contributed by atoms with Crippen LogP contribution in [0.25, 0.3) is 0 Å². The van der Waals surface area contributed by atoms with Gasteiger partial charge in [0.1, 0.15) is 5.75 Å². The standard InChI is InChI=1S/C16H21Cl2NO/c1-2-20-15-8-13(17)12(7-14(15)18)16(19)11-6-9-3-4-10(11)5-9/h7-11,16H,2-6,19H2,1H3. The number of benzene rings is 1. The summed E-state index contributed by atoms with van der Waals surface area (Å²) in [6, 6.07) is 3.69. The summed E-state index contributed by atoms with van der Waals surface area (Å²) in [4.78, 5) is 0. The molecule has 1 aromatic rings. The molecule has 2 N–H and O–H groups in total. The number of fused-ring (bicyclic) bond motifs is 2. The van der Waals surface area contributed by atoms with Crippen LogP contribution in [0.4, 0.5) is 0 Å². The maximum Gasteiger partial charge on any atom is 0.139 e. The van der Waals surface area contributed by atoms with Crippen molar-refractivity contribution in [1.29, 1.82) is 0 Å². The van der Waals surface area contributed by atoms with Gasteiger partial charge in [0.05, 0.1) is 11.6 Å². The van der Waals surface area contributed by atoms with E-state index in [-0.39, 0.29) is 6.04 Å². The summed E-state index contributed by atoms with van der Waals surface area (Å²) in [7, 11) is 0. The van der Waals surface area contributed by atoms with Crippen LogP contribution in [0.15, 0.2) is 12.1 Å². The number of halogens is 2. The average Bonchev–Trinajstić information content (AvgIpc) is 3.04. The van der Waals surface area contributed by atoms with Crippen molar-refractivity contribution in [3.8, 4) is 5.75 Å². The lowest BCUT2D eigenvalue weighted by Crippen LogP contribution is -2.26. The zero-order valence-corrected chi connectivity index (χ0v) is 13.3. The molecule has 2 aliphatic carbocycles. The molecule has 2 bridgehead atoms. The monoisotopic (exact) mass is 313 g/mol. The maximum absolute atomic E-state index is 6.50. The van der Waals surface area contributed by atoms with Crippen LogP contribution in [-0.4, -0.2) is 6.61 Å². The van der Waals surface area contributed by atoms with Gasteiger partial charge in [-0.3, -0.25) is 0 Å². The molecule has 3 rings (SSSR count). The first kappa shape index (κ1) is 14.5. The number of hydrogen-bond donors (Lipinski definition) is 1. The van der Waals surface area contributed by atoms with Crippen molar-refractivity contribution in [2.45, 2.75) is 38.6 Å². The number of ether oxygens (including phenoxy) is 1. The highest BCUT2D eigenvalue weighted by molar-refractivity contribution is 6.34. The smallest absolute Gasteiger partial charge is 0.139 e. The Bertz CT molecular complexity index is 505. The molecule has 0 saturated heterocycles. The van der Waals surface area contributed by atoms with Crippen LogP contribution in [0.3, 0.4) is 0 Å². The van der Waals surface area contributed by atoms with Crippen LogP contribution in [0.5, 0.6) is 5.75 Å². The average molecular weight is 314 g/mol.